The number of hydrogen-bond acceptors (Lipinski definition) is 0. The SMILES string of the molecule is C=C/C(=C\C(=C/C)CC)c1ccc(C)cc1. The minimum absolute atomic E-state index is 1.06. The van der Waals surface area contributed by atoms with Crippen LogP contribution in [0.5, 0.6) is 0 Å². The molecule has 0 aliphatic heterocycles. The van der Waals surface area contributed by atoms with Crippen LogP contribution in [0.25, 0.3) is 5.57 Å². The highest BCUT2D eigenvalue weighted by Gasteiger charge is 1.97. The van der Waals surface area contributed by atoms with Crippen molar-refractivity contribution in [2.45, 2.75) is 27.2 Å². The van der Waals surface area contributed by atoms with E-state index in [0.29, 0.717) is 0 Å². The number of benzene rings is 1. The molecule has 0 aromatic heterocycles. The van der Waals surface area contributed by atoms with Crippen LogP contribution in [-0.2, 0) is 0 Å². The first-order valence-corrected chi connectivity index (χ1v) is 5.77. The molecule has 0 N–H and O–H groups in total. The topological polar surface area (TPSA) is 0 Å². The molecule has 0 unspecified atom stereocenters. The zero-order valence-electron chi connectivity index (χ0n) is 10.5. The Kier molecular flexibility index (Phi) is 4.78. The van der Waals surface area contributed by atoms with Crippen molar-refractivity contribution < 1.29 is 0 Å². The first-order chi connectivity index (χ1) is 7.71. The van der Waals surface area contributed by atoms with Gasteiger partial charge in [0.2, 0.25) is 0 Å². The quantitative estimate of drug-likeness (QED) is 0.621. The molecule has 0 radical (unpaired) electrons. The summed E-state index contributed by atoms with van der Waals surface area (Å²) in [7, 11) is 0. The van der Waals surface area contributed by atoms with Crippen LogP contribution >= 0.6 is 0 Å². The molecule has 0 spiro atoms. The smallest absolute Gasteiger partial charge is 0.0184 e. The molecule has 0 heteroatoms. The Balaban J connectivity index is 3.07. The van der Waals surface area contributed by atoms with E-state index in [-0.39, 0.29) is 0 Å². The minimum atomic E-state index is 1.06. The second-order valence-corrected chi connectivity index (χ2v) is 3.89. The van der Waals surface area contributed by atoms with Gasteiger partial charge in [-0.3, -0.25) is 0 Å². The van der Waals surface area contributed by atoms with Gasteiger partial charge in [-0.1, -0.05) is 67.1 Å². The summed E-state index contributed by atoms with van der Waals surface area (Å²) in [5.41, 5.74) is 5.05. The van der Waals surface area contributed by atoms with Crippen LogP contribution in [0.2, 0.25) is 0 Å². The Morgan fingerprint density at radius 1 is 1.25 bits per heavy atom. The zero-order chi connectivity index (χ0) is 12.0. The van der Waals surface area contributed by atoms with E-state index < -0.39 is 0 Å². The molecule has 0 saturated heterocycles. The molecular weight excluding hydrogens is 192 g/mol. The van der Waals surface area contributed by atoms with Gasteiger partial charge in [0.1, 0.15) is 0 Å². The second-order valence-electron chi connectivity index (χ2n) is 3.89. The van der Waals surface area contributed by atoms with Crippen LogP contribution < -0.4 is 0 Å². The molecule has 0 aliphatic rings. The van der Waals surface area contributed by atoms with Crippen molar-refractivity contribution >= 4 is 5.57 Å². The van der Waals surface area contributed by atoms with Gasteiger partial charge in [0.05, 0.1) is 0 Å². The first kappa shape index (κ1) is 12.5. The Labute approximate surface area is 99.0 Å². The third-order valence-corrected chi connectivity index (χ3v) is 2.72. The molecule has 1 aromatic rings. The maximum absolute atomic E-state index is 3.89. The third kappa shape index (κ3) is 3.23. The summed E-state index contributed by atoms with van der Waals surface area (Å²) in [6.07, 6.45) is 7.33. The molecular formula is C16H20. The summed E-state index contributed by atoms with van der Waals surface area (Å²) in [6, 6.07) is 8.56. The lowest BCUT2D eigenvalue weighted by Gasteiger charge is -2.04. The average Bonchev–Trinajstić information content (AvgIpc) is 2.32. The minimum Gasteiger partial charge on any atom is -0.0984 e. The third-order valence-electron chi connectivity index (χ3n) is 2.72. The van der Waals surface area contributed by atoms with Gasteiger partial charge in [-0.25, -0.2) is 0 Å². The lowest BCUT2D eigenvalue weighted by molar-refractivity contribution is 1.14. The van der Waals surface area contributed by atoms with Crippen molar-refractivity contribution in [3.63, 3.8) is 0 Å². The lowest BCUT2D eigenvalue weighted by atomic mass is 10.0. The Hall–Kier alpha value is -1.56. The van der Waals surface area contributed by atoms with E-state index in [2.05, 4.69) is 63.8 Å². The second kappa shape index (κ2) is 6.12. The van der Waals surface area contributed by atoms with Gasteiger partial charge >= 0.3 is 0 Å². The van der Waals surface area contributed by atoms with E-state index in [0.717, 1.165) is 6.42 Å². The predicted octanol–water partition coefficient (Wildman–Crippen LogP) is 4.92. The highest BCUT2D eigenvalue weighted by Crippen LogP contribution is 2.19. The normalized spacial score (nSPS) is 12.7. The van der Waals surface area contributed by atoms with E-state index in [4.69, 9.17) is 0 Å². The van der Waals surface area contributed by atoms with Gasteiger partial charge in [-0.2, -0.15) is 0 Å². The summed E-state index contributed by atoms with van der Waals surface area (Å²) in [4.78, 5) is 0. The monoisotopic (exact) mass is 212 g/mol. The molecule has 0 heterocycles. The predicted molar refractivity (Wildman–Crippen MR) is 73.4 cm³/mol. The van der Waals surface area contributed by atoms with Crippen molar-refractivity contribution in [2.24, 2.45) is 0 Å². The molecule has 1 aromatic carbocycles. The van der Waals surface area contributed by atoms with Crippen molar-refractivity contribution in [1.29, 1.82) is 0 Å². The fourth-order valence-corrected chi connectivity index (χ4v) is 1.60. The summed E-state index contributed by atoms with van der Waals surface area (Å²) < 4.78 is 0. The van der Waals surface area contributed by atoms with Crippen LogP contribution in [-0.4, -0.2) is 0 Å². The molecule has 0 amide bonds. The van der Waals surface area contributed by atoms with Crippen LogP contribution in [0.15, 0.2) is 54.6 Å². The fraction of sp³-hybridized carbons (Fsp3) is 0.250. The van der Waals surface area contributed by atoms with Gasteiger partial charge in [0, 0.05) is 0 Å². The largest absolute Gasteiger partial charge is 0.0984 e. The molecule has 1 rings (SSSR count). The zero-order valence-corrected chi connectivity index (χ0v) is 10.5. The number of aryl methyl sites for hydroxylation is 1. The summed E-state index contributed by atoms with van der Waals surface area (Å²) in [5, 5.41) is 0. The molecule has 0 nitrogen and oxygen atoms in total. The Morgan fingerprint density at radius 2 is 1.88 bits per heavy atom. The first-order valence-electron chi connectivity index (χ1n) is 5.77. The van der Waals surface area contributed by atoms with Crippen LogP contribution in [0, 0.1) is 6.92 Å². The van der Waals surface area contributed by atoms with Gasteiger partial charge in [-0.05, 0) is 31.4 Å². The van der Waals surface area contributed by atoms with Crippen LogP contribution in [0.4, 0.5) is 0 Å². The molecule has 0 atom stereocenters. The van der Waals surface area contributed by atoms with E-state index in [1.807, 2.05) is 6.08 Å². The fourth-order valence-electron chi connectivity index (χ4n) is 1.60. The van der Waals surface area contributed by atoms with Gasteiger partial charge in [-0.15, -0.1) is 0 Å². The van der Waals surface area contributed by atoms with Crippen molar-refractivity contribution in [2.75, 3.05) is 0 Å². The number of rotatable bonds is 4. The lowest BCUT2D eigenvalue weighted by Crippen LogP contribution is -1.83. The number of hydrogen-bond donors (Lipinski definition) is 0. The van der Waals surface area contributed by atoms with Gasteiger partial charge in [0.25, 0.3) is 0 Å². The molecule has 84 valence electrons. The molecule has 16 heavy (non-hydrogen) atoms. The average molecular weight is 212 g/mol. The van der Waals surface area contributed by atoms with Gasteiger partial charge in [0.15, 0.2) is 0 Å². The Bertz CT molecular complexity index is 402. The van der Waals surface area contributed by atoms with E-state index in [1.54, 1.807) is 0 Å². The van der Waals surface area contributed by atoms with Crippen molar-refractivity contribution in [1.82, 2.24) is 0 Å². The number of allylic oxidation sites excluding steroid dienone is 5. The van der Waals surface area contributed by atoms with Crippen molar-refractivity contribution in [3.8, 4) is 0 Å². The van der Waals surface area contributed by atoms with E-state index in [1.165, 1.54) is 22.3 Å². The van der Waals surface area contributed by atoms with E-state index in [9.17, 15) is 0 Å². The maximum atomic E-state index is 3.89. The maximum Gasteiger partial charge on any atom is -0.0184 e. The molecule has 0 bridgehead atoms. The summed E-state index contributed by atoms with van der Waals surface area (Å²) in [5.74, 6) is 0. The van der Waals surface area contributed by atoms with Crippen LogP contribution in [0.3, 0.4) is 0 Å². The highest BCUT2D eigenvalue weighted by atomic mass is 14.0. The van der Waals surface area contributed by atoms with Crippen LogP contribution in [0.1, 0.15) is 31.4 Å². The highest BCUT2D eigenvalue weighted by molar-refractivity contribution is 5.75. The van der Waals surface area contributed by atoms with Gasteiger partial charge < -0.3 is 0 Å². The molecule has 0 fully saturated rings. The molecule has 0 aliphatic carbocycles. The Morgan fingerprint density at radius 3 is 2.31 bits per heavy atom. The molecule has 0 saturated carbocycles. The van der Waals surface area contributed by atoms with E-state index >= 15 is 0 Å². The van der Waals surface area contributed by atoms with Crippen molar-refractivity contribution in [3.05, 3.63) is 65.8 Å². The summed E-state index contributed by atoms with van der Waals surface area (Å²) >= 11 is 0. The standard InChI is InChI=1S/C16H20/c1-5-14(6-2)12-15(7-3)16-10-8-13(4)9-11-16/h5,7-12H,3,6H2,1-2,4H3/b14-5-,15-12+. The summed E-state index contributed by atoms with van der Waals surface area (Å²) in [6.45, 7) is 10.2.